The molecule has 1 aromatic heterocycles. The molecule has 5 nitrogen and oxygen atoms in total. The van der Waals surface area contributed by atoms with Crippen molar-refractivity contribution < 1.29 is 4.79 Å². The molecule has 0 radical (unpaired) electrons. The summed E-state index contributed by atoms with van der Waals surface area (Å²) in [6.07, 6.45) is 1.40. The van der Waals surface area contributed by atoms with Crippen LogP contribution in [0.4, 0.5) is 5.95 Å². The normalized spacial score (nSPS) is 14.2. The van der Waals surface area contributed by atoms with Crippen LogP contribution in [-0.4, -0.2) is 26.6 Å². The lowest BCUT2D eigenvalue weighted by atomic mass is 10.8. The number of fused-ring (bicyclic) bond motifs is 1. The Labute approximate surface area is 66.5 Å². The number of hydrogen-bond acceptors (Lipinski definition) is 5. The van der Waals surface area contributed by atoms with E-state index in [2.05, 4.69) is 15.1 Å². The van der Waals surface area contributed by atoms with Crippen LogP contribution in [0.25, 0.3) is 0 Å². The first-order chi connectivity index (χ1) is 5.40. The Hall–Kier alpha value is -1.13. The molecule has 0 saturated heterocycles. The van der Waals surface area contributed by atoms with Gasteiger partial charge in [-0.05, 0) is 0 Å². The van der Waals surface area contributed by atoms with E-state index >= 15 is 0 Å². The summed E-state index contributed by atoms with van der Waals surface area (Å²) in [6.45, 7) is 0.849. The number of carbonyl (C=O) groups excluding carboxylic acids is 1. The number of aliphatic imine (C=N–C) groups is 1. The Morgan fingerprint density at radius 1 is 1.73 bits per heavy atom. The lowest BCUT2D eigenvalue weighted by Gasteiger charge is -1.84. The first-order valence-electron chi connectivity index (χ1n) is 3.05. The largest absolute Gasteiger partial charge is 0.280 e. The van der Waals surface area contributed by atoms with E-state index in [1.165, 1.54) is 6.08 Å². The quantitative estimate of drug-likeness (QED) is 0.448. The highest BCUT2D eigenvalue weighted by molar-refractivity contribution is 7.99. The second kappa shape index (κ2) is 2.48. The van der Waals surface area contributed by atoms with Gasteiger partial charge in [0.05, 0.1) is 6.54 Å². The second-order valence-corrected chi connectivity index (χ2v) is 3.03. The van der Waals surface area contributed by atoms with E-state index in [9.17, 15) is 4.79 Å². The second-order valence-electron chi connectivity index (χ2n) is 1.97. The Morgan fingerprint density at radius 3 is 3.36 bits per heavy atom. The minimum atomic E-state index is 0.210. The number of aromatic nitrogens is 3. The van der Waals surface area contributed by atoms with Crippen LogP contribution < -0.4 is 0 Å². The predicted octanol–water partition coefficient (Wildman–Crippen LogP) is 0.351. The van der Waals surface area contributed by atoms with Gasteiger partial charge in [0, 0.05) is 5.75 Å². The van der Waals surface area contributed by atoms with Crippen molar-refractivity contribution in [3.63, 3.8) is 0 Å². The molecule has 0 fully saturated rings. The number of aryl methyl sites for hydroxylation is 1. The number of nitrogens with zero attached hydrogens (tertiary/aromatic N) is 4. The van der Waals surface area contributed by atoms with E-state index < -0.39 is 0 Å². The topological polar surface area (TPSA) is 60.1 Å². The monoisotopic (exact) mass is 168 g/mol. The summed E-state index contributed by atoms with van der Waals surface area (Å²) in [4.78, 5) is 17.1. The molecule has 2 rings (SSSR count). The minimum absolute atomic E-state index is 0.210. The van der Waals surface area contributed by atoms with Crippen molar-refractivity contribution in [2.45, 2.75) is 11.7 Å². The van der Waals surface area contributed by atoms with Crippen LogP contribution in [0, 0.1) is 0 Å². The van der Waals surface area contributed by atoms with E-state index in [1.54, 1.807) is 16.4 Å². The molecule has 0 saturated carbocycles. The zero-order chi connectivity index (χ0) is 7.68. The smallest absolute Gasteiger partial charge is 0.238 e. The summed E-state index contributed by atoms with van der Waals surface area (Å²) in [5.74, 6) is 1.21. The Bertz CT molecular complexity index is 306. The zero-order valence-electron chi connectivity index (χ0n) is 5.52. The first kappa shape index (κ1) is 6.57. The molecule has 2 heterocycles. The maximum Gasteiger partial charge on any atom is 0.280 e. The Kier molecular flexibility index (Phi) is 1.48. The lowest BCUT2D eigenvalue weighted by molar-refractivity contribution is 0.565. The summed E-state index contributed by atoms with van der Waals surface area (Å²) in [5.41, 5.74) is 0. The van der Waals surface area contributed by atoms with E-state index in [1.807, 2.05) is 0 Å². The summed E-state index contributed by atoms with van der Waals surface area (Å²) in [7, 11) is 0. The van der Waals surface area contributed by atoms with Gasteiger partial charge in [0.15, 0.2) is 5.16 Å². The van der Waals surface area contributed by atoms with E-state index in [0.29, 0.717) is 0 Å². The minimum Gasteiger partial charge on any atom is -0.238 e. The van der Waals surface area contributed by atoms with Gasteiger partial charge in [-0.2, -0.15) is 4.98 Å². The molecule has 0 aromatic carbocycles. The van der Waals surface area contributed by atoms with Crippen LogP contribution >= 0.6 is 11.8 Å². The summed E-state index contributed by atoms with van der Waals surface area (Å²) in [5, 5.41) is 4.77. The van der Waals surface area contributed by atoms with Crippen LogP contribution in [-0.2, 0) is 11.3 Å². The Morgan fingerprint density at radius 2 is 2.64 bits per heavy atom. The number of rotatable bonds is 1. The third kappa shape index (κ3) is 1.06. The molecule has 0 atom stereocenters. The van der Waals surface area contributed by atoms with Gasteiger partial charge < -0.3 is 0 Å². The van der Waals surface area contributed by atoms with Crippen molar-refractivity contribution in [2.24, 2.45) is 4.99 Å². The summed E-state index contributed by atoms with van der Waals surface area (Å²) < 4.78 is 1.74. The zero-order valence-corrected chi connectivity index (χ0v) is 6.34. The van der Waals surface area contributed by atoms with Gasteiger partial charge in [0.2, 0.25) is 6.08 Å². The van der Waals surface area contributed by atoms with Gasteiger partial charge in [-0.1, -0.05) is 11.8 Å². The fraction of sp³-hybridized carbons (Fsp3) is 0.400. The molecule has 0 bridgehead atoms. The molecule has 0 aliphatic carbocycles. The predicted molar refractivity (Wildman–Crippen MR) is 38.5 cm³/mol. The lowest BCUT2D eigenvalue weighted by Crippen LogP contribution is -1.94. The highest BCUT2D eigenvalue weighted by atomic mass is 32.2. The van der Waals surface area contributed by atoms with Crippen molar-refractivity contribution in [1.29, 1.82) is 0 Å². The van der Waals surface area contributed by atoms with Crippen molar-refractivity contribution >= 4 is 23.8 Å². The number of thioether (sulfide) groups is 1. The van der Waals surface area contributed by atoms with Gasteiger partial charge in [0.25, 0.3) is 5.95 Å². The molecule has 0 spiro atoms. The fourth-order valence-electron chi connectivity index (χ4n) is 0.880. The van der Waals surface area contributed by atoms with E-state index in [-0.39, 0.29) is 5.95 Å². The van der Waals surface area contributed by atoms with Gasteiger partial charge in [-0.25, -0.2) is 9.48 Å². The number of hydrogen-bond donors (Lipinski definition) is 0. The molecule has 1 aromatic rings. The molecule has 0 unspecified atom stereocenters. The molecular weight excluding hydrogens is 164 g/mol. The van der Waals surface area contributed by atoms with Crippen molar-refractivity contribution in [3.8, 4) is 0 Å². The van der Waals surface area contributed by atoms with Crippen LogP contribution in [0.3, 0.4) is 0 Å². The van der Waals surface area contributed by atoms with Gasteiger partial charge in [-0.3, -0.25) is 0 Å². The molecule has 1 aliphatic heterocycles. The third-order valence-electron chi connectivity index (χ3n) is 1.31. The average molecular weight is 168 g/mol. The molecule has 56 valence electrons. The average Bonchev–Trinajstić information content (AvgIpc) is 2.46. The van der Waals surface area contributed by atoms with Crippen LogP contribution in [0.2, 0.25) is 0 Å². The number of isocyanates is 1. The molecule has 0 amide bonds. The highest BCUT2D eigenvalue weighted by Crippen LogP contribution is 2.24. The van der Waals surface area contributed by atoms with Crippen LogP contribution in [0.5, 0.6) is 0 Å². The maximum atomic E-state index is 9.81. The van der Waals surface area contributed by atoms with Crippen molar-refractivity contribution in [2.75, 3.05) is 5.75 Å². The maximum absolute atomic E-state index is 9.81. The highest BCUT2D eigenvalue weighted by Gasteiger charge is 2.15. The Balaban J connectivity index is 2.41. The van der Waals surface area contributed by atoms with E-state index in [0.717, 1.165) is 17.5 Å². The standard InChI is InChI=1S/C5H4N4OS/c10-3-6-4-7-5-9(8-4)1-2-11-5/h1-2H2. The first-order valence-corrected chi connectivity index (χ1v) is 4.04. The summed E-state index contributed by atoms with van der Waals surface area (Å²) >= 11 is 1.61. The van der Waals surface area contributed by atoms with Crippen molar-refractivity contribution in [3.05, 3.63) is 0 Å². The SMILES string of the molecule is O=C=Nc1nc2n(n1)CCS2. The molecule has 11 heavy (non-hydrogen) atoms. The fourth-order valence-corrected chi connectivity index (χ4v) is 1.75. The molecule has 0 N–H and O–H groups in total. The molecule has 6 heteroatoms. The molecule has 1 aliphatic rings. The van der Waals surface area contributed by atoms with Crippen LogP contribution in [0.1, 0.15) is 0 Å². The van der Waals surface area contributed by atoms with Gasteiger partial charge >= 0.3 is 0 Å². The molecular formula is C5H4N4OS. The summed E-state index contributed by atoms with van der Waals surface area (Å²) in [6, 6.07) is 0. The van der Waals surface area contributed by atoms with Crippen molar-refractivity contribution in [1.82, 2.24) is 14.8 Å². The van der Waals surface area contributed by atoms with E-state index in [4.69, 9.17) is 0 Å². The third-order valence-corrected chi connectivity index (χ3v) is 2.25. The van der Waals surface area contributed by atoms with Gasteiger partial charge in [0.1, 0.15) is 0 Å². The van der Waals surface area contributed by atoms with Gasteiger partial charge in [-0.15, -0.1) is 10.1 Å². The van der Waals surface area contributed by atoms with Crippen LogP contribution in [0.15, 0.2) is 10.1 Å².